The van der Waals surface area contributed by atoms with Gasteiger partial charge in [-0.25, -0.2) is 4.98 Å². The number of hydrogen-bond donors (Lipinski definition) is 1. The molecule has 2 heterocycles. The molecule has 0 unspecified atom stereocenters. The van der Waals surface area contributed by atoms with E-state index in [0.29, 0.717) is 18.8 Å². The first-order chi connectivity index (χ1) is 17.3. The summed E-state index contributed by atoms with van der Waals surface area (Å²) in [5.74, 6) is 0.0191. The minimum Gasteiger partial charge on any atom is -0.361 e. The number of nitrogens with zero attached hydrogens (tertiary/aromatic N) is 3. The topological polar surface area (TPSA) is 52.2 Å². The molecule has 0 saturated heterocycles. The Kier molecular flexibility index (Phi) is 8.27. The quantitative estimate of drug-likeness (QED) is 0.264. The molecule has 190 valence electrons. The maximum Gasteiger partial charge on any atom is 0.273 e. The summed E-state index contributed by atoms with van der Waals surface area (Å²) in [6, 6.07) is 17.5. The van der Waals surface area contributed by atoms with Gasteiger partial charge in [0, 0.05) is 48.7 Å². The zero-order chi connectivity index (χ0) is 25.7. The van der Waals surface area contributed by atoms with Crippen molar-refractivity contribution >= 4 is 28.1 Å². The molecule has 1 N–H and O–H groups in total. The van der Waals surface area contributed by atoms with Gasteiger partial charge >= 0.3 is 0 Å². The average molecular weight is 503 g/mol. The van der Waals surface area contributed by atoms with Gasteiger partial charge in [0.15, 0.2) is 0 Å². The van der Waals surface area contributed by atoms with E-state index in [9.17, 15) is 4.79 Å². The molecule has 1 amide bonds. The molecule has 0 spiro atoms. The molecule has 0 aliphatic rings. The lowest BCUT2D eigenvalue weighted by Crippen LogP contribution is -2.30. The van der Waals surface area contributed by atoms with E-state index in [1.165, 1.54) is 27.6 Å². The maximum absolute atomic E-state index is 12.8. The number of benzene rings is 2. The zero-order valence-electron chi connectivity index (χ0n) is 22.2. The number of thiazole rings is 1. The highest BCUT2D eigenvalue weighted by Gasteiger charge is 2.18. The lowest BCUT2D eigenvalue weighted by atomic mass is 9.87. The van der Waals surface area contributed by atoms with Crippen LogP contribution >= 0.6 is 11.3 Å². The minimum absolute atomic E-state index is 0.0191. The number of nitrogens with one attached hydrogen (secondary N) is 1. The molecule has 0 fully saturated rings. The molecule has 5 nitrogen and oxygen atoms in total. The molecule has 0 atom stereocenters. The van der Waals surface area contributed by atoms with Crippen LogP contribution in [-0.4, -0.2) is 45.3 Å². The summed E-state index contributed by atoms with van der Waals surface area (Å²) < 4.78 is 0. The molecule has 6 heteroatoms. The number of amides is 1. The Bertz CT molecular complexity index is 1280. The van der Waals surface area contributed by atoms with Crippen molar-refractivity contribution in [2.75, 3.05) is 19.6 Å². The number of hydrogen-bond acceptors (Lipinski definition) is 4. The van der Waals surface area contributed by atoms with Gasteiger partial charge in [-0.3, -0.25) is 9.69 Å². The number of fused-ring (bicyclic) bond motifs is 1. The van der Waals surface area contributed by atoms with Gasteiger partial charge in [0.2, 0.25) is 0 Å². The second-order valence-corrected chi connectivity index (χ2v) is 11.3. The van der Waals surface area contributed by atoms with Crippen molar-refractivity contribution in [1.29, 1.82) is 0 Å². The molecule has 2 aromatic carbocycles. The Morgan fingerprint density at radius 2 is 1.72 bits per heavy atom. The van der Waals surface area contributed by atoms with Gasteiger partial charge in [0.05, 0.1) is 6.54 Å². The van der Waals surface area contributed by atoms with E-state index in [1.807, 2.05) is 24.1 Å². The minimum atomic E-state index is 0.0191. The summed E-state index contributed by atoms with van der Waals surface area (Å²) in [7, 11) is 0. The van der Waals surface area contributed by atoms with Crippen LogP contribution in [0.15, 0.2) is 60.1 Å². The monoisotopic (exact) mass is 502 g/mol. The molecule has 0 radical (unpaired) electrons. The van der Waals surface area contributed by atoms with Crippen molar-refractivity contribution in [3.63, 3.8) is 0 Å². The van der Waals surface area contributed by atoms with Crippen LogP contribution in [0.25, 0.3) is 10.9 Å². The highest BCUT2D eigenvalue weighted by Crippen LogP contribution is 2.24. The molecule has 0 bridgehead atoms. The molecule has 0 saturated carbocycles. The molecule has 0 aliphatic heterocycles. The van der Waals surface area contributed by atoms with Gasteiger partial charge in [0.1, 0.15) is 10.7 Å². The van der Waals surface area contributed by atoms with Crippen LogP contribution in [0.1, 0.15) is 66.8 Å². The van der Waals surface area contributed by atoms with Crippen LogP contribution < -0.4 is 0 Å². The summed E-state index contributed by atoms with van der Waals surface area (Å²) in [5, 5.41) is 4.18. The van der Waals surface area contributed by atoms with E-state index in [-0.39, 0.29) is 11.3 Å². The van der Waals surface area contributed by atoms with Crippen LogP contribution in [0.4, 0.5) is 0 Å². The lowest BCUT2D eigenvalue weighted by molar-refractivity contribution is 0.0767. The average Bonchev–Trinajstić information content (AvgIpc) is 3.50. The fourth-order valence-electron chi connectivity index (χ4n) is 4.55. The van der Waals surface area contributed by atoms with Crippen LogP contribution in [0.3, 0.4) is 0 Å². The van der Waals surface area contributed by atoms with Gasteiger partial charge in [-0.1, -0.05) is 63.2 Å². The highest BCUT2D eigenvalue weighted by atomic mass is 32.1. The largest absolute Gasteiger partial charge is 0.361 e. The van der Waals surface area contributed by atoms with Gasteiger partial charge in [-0.2, -0.15) is 0 Å². The maximum atomic E-state index is 12.8. The SMILES string of the molecule is CCN(CC)C(=O)c1csc(CN(CCc2c[nH]c3ccccc23)Cc2ccc(C(C)(C)C)cc2)n1. The standard InChI is InChI=1S/C30H38N4OS/c1-6-34(7-2)29(35)27-21-36-28(32-27)20-33(19-22-12-14-24(15-13-22)30(3,4)5)17-16-23-18-31-26-11-9-8-10-25(23)26/h8-15,18,21,31H,6-7,16-17,19-20H2,1-5H3. The van der Waals surface area contributed by atoms with Crippen LogP contribution in [0.5, 0.6) is 0 Å². The fourth-order valence-corrected chi connectivity index (χ4v) is 5.35. The number of para-hydroxylation sites is 1. The number of carbonyl (C=O) groups excluding carboxylic acids is 1. The Hall–Kier alpha value is -2.96. The molecular weight excluding hydrogens is 464 g/mol. The molecule has 2 aromatic heterocycles. The van der Waals surface area contributed by atoms with Crippen molar-refractivity contribution < 1.29 is 4.79 Å². The van der Waals surface area contributed by atoms with E-state index in [1.54, 1.807) is 11.3 Å². The summed E-state index contributed by atoms with van der Waals surface area (Å²) in [4.78, 5) is 25.2. The number of aromatic amines is 1. The smallest absolute Gasteiger partial charge is 0.273 e. The fraction of sp³-hybridized carbons (Fsp3) is 0.400. The van der Waals surface area contributed by atoms with E-state index >= 15 is 0 Å². The van der Waals surface area contributed by atoms with Crippen molar-refractivity contribution in [2.24, 2.45) is 0 Å². The van der Waals surface area contributed by atoms with Crippen molar-refractivity contribution in [2.45, 2.75) is 59.5 Å². The first kappa shape index (κ1) is 26.1. The van der Waals surface area contributed by atoms with Crippen LogP contribution in [0, 0.1) is 0 Å². The molecule has 0 aliphatic carbocycles. The van der Waals surface area contributed by atoms with Crippen LogP contribution in [0.2, 0.25) is 0 Å². The molecule has 4 rings (SSSR count). The predicted molar refractivity (Wildman–Crippen MR) is 151 cm³/mol. The number of rotatable bonds is 10. The highest BCUT2D eigenvalue weighted by molar-refractivity contribution is 7.09. The molecule has 4 aromatic rings. The van der Waals surface area contributed by atoms with E-state index in [2.05, 4.69) is 85.4 Å². The van der Waals surface area contributed by atoms with Gasteiger partial charge in [-0.15, -0.1) is 11.3 Å². The normalized spacial score (nSPS) is 11.9. The van der Waals surface area contributed by atoms with E-state index in [0.717, 1.165) is 31.1 Å². The number of carbonyl (C=O) groups is 1. The first-order valence-corrected chi connectivity index (χ1v) is 13.8. The van der Waals surface area contributed by atoms with Crippen molar-refractivity contribution in [3.8, 4) is 0 Å². The van der Waals surface area contributed by atoms with E-state index in [4.69, 9.17) is 4.98 Å². The lowest BCUT2D eigenvalue weighted by Gasteiger charge is -2.23. The number of H-pyrrole nitrogens is 1. The summed E-state index contributed by atoms with van der Waals surface area (Å²) in [5.41, 5.74) is 5.84. The van der Waals surface area contributed by atoms with Gasteiger partial charge in [-0.05, 0) is 48.4 Å². The Morgan fingerprint density at radius 1 is 1.00 bits per heavy atom. The summed E-state index contributed by atoms with van der Waals surface area (Å²) in [6.45, 7) is 14.6. The predicted octanol–water partition coefficient (Wildman–Crippen LogP) is 6.65. The van der Waals surface area contributed by atoms with Crippen molar-refractivity contribution in [1.82, 2.24) is 19.8 Å². The third kappa shape index (κ3) is 6.23. The van der Waals surface area contributed by atoms with Gasteiger partial charge < -0.3 is 9.88 Å². The molecular formula is C30H38N4OS. The first-order valence-electron chi connectivity index (χ1n) is 12.9. The van der Waals surface area contributed by atoms with Crippen molar-refractivity contribution in [3.05, 3.63) is 87.5 Å². The Balaban J connectivity index is 1.52. The second kappa shape index (κ2) is 11.4. The molecule has 36 heavy (non-hydrogen) atoms. The summed E-state index contributed by atoms with van der Waals surface area (Å²) in [6.07, 6.45) is 3.08. The van der Waals surface area contributed by atoms with E-state index < -0.39 is 0 Å². The summed E-state index contributed by atoms with van der Waals surface area (Å²) >= 11 is 1.58. The second-order valence-electron chi connectivity index (χ2n) is 10.4. The zero-order valence-corrected chi connectivity index (χ0v) is 23.0. The Labute approximate surface area is 219 Å². The van der Waals surface area contributed by atoms with Crippen LogP contribution in [-0.2, 0) is 24.9 Å². The number of aromatic nitrogens is 2. The van der Waals surface area contributed by atoms with Gasteiger partial charge in [0.25, 0.3) is 5.91 Å². The third-order valence-electron chi connectivity index (χ3n) is 6.78. The Morgan fingerprint density at radius 3 is 2.42 bits per heavy atom. The third-order valence-corrected chi connectivity index (χ3v) is 7.61.